The monoisotopic (exact) mass is 351 g/mol. The van der Waals surface area contributed by atoms with Crippen LogP contribution in [0.5, 0.6) is 0 Å². The summed E-state index contributed by atoms with van der Waals surface area (Å²) in [6, 6.07) is -0.281. The van der Waals surface area contributed by atoms with E-state index in [1.807, 2.05) is 27.7 Å². The lowest BCUT2D eigenvalue weighted by molar-refractivity contribution is -0.128. The van der Waals surface area contributed by atoms with Crippen molar-refractivity contribution >= 4 is 24.4 Å². The molecule has 1 aromatic heterocycles. The van der Waals surface area contributed by atoms with Crippen molar-refractivity contribution in [3.05, 3.63) is 12.4 Å². The Balaban J connectivity index is 2.23. The van der Waals surface area contributed by atoms with Gasteiger partial charge in [0, 0.05) is 23.9 Å². The molecule has 0 aliphatic carbocycles. The molecule has 2 heterocycles. The summed E-state index contributed by atoms with van der Waals surface area (Å²) in [6.45, 7) is 10.7. The molecule has 1 aliphatic heterocycles. The van der Waals surface area contributed by atoms with Crippen LogP contribution in [0.4, 0.5) is 5.95 Å². The van der Waals surface area contributed by atoms with Crippen LogP contribution in [0.15, 0.2) is 12.4 Å². The number of hydrogen-bond donors (Lipinski definition) is 2. The van der Waals surface area contributed by atoms with E-state index in [1.165, 1.54) is 4.90 Å². The molecule has 8 nitrogen and oxygen atoms in total. The molecule has 1 unspecified atom stereocenters. The van der Waals surface area contributed by atoms with Crippen LogP contribution >= 0.6 is 0 Å². The molecule has 0 saturated carbocycles. The van der Waals surface area contributed by atoms with E-state index >= 15 is 0 Å². The maximum absolute atomic E-state index is 12.2. The van der Waals surface area contributed by atoms with Crippen molar-refractivity contribution < 1.29 is 24.3 Å². The summed E-state index contributed by atoms with van der Waals surface area (Å²) in [4.78, 5) is 21.9. The fraction of sp³-hybridized carbons (Fsp3) is 0.688. The predicted molar refractivity (Wildman–Crippen MR) is 93.5 cm³/mol. The maximum atomic E-state index is 12.2. The molecular weight excluding hydrogens is 325 g/mol. The van der Waals surface area contributed by atoms with Gasteiger partial charge in [-0.25, -0.2) is 9.97 Å². The highest BCUT2D eigenvalue weighted by molar-refractivity contribution is 6.61. The summed E-state index contributed by atoms with van der Waals surface area (Å²) < 4.78 is 11.9. The highest BCUT2D eigenvalue weighted by atomic mass is 16.7. The van der Waals surface area contributed by atoms with Crippen molar-refractivity contribution in [2.45, 2.75) is 64.9 Å². The molecule has 25 heavy (non-hydrogen) atoms. The zero-order valence-electron chi connectivity index (χ0n) is 15.6. The molecule has 138 valence electrons. The molecular formula is C16H26BN3O5. The smallest absolute Gasteiger partial charge is 0.399 e. The fourth-order valence-corrected chi connectivity index (χ4v) is 2.38. The molecule has 0 radical (unpaired) electrons. The zero-order chi connectivity index (χ0) is 19.0. The maximum Gasteiger partial charge on any atom is 0.498 e. The third-order valence-corrected chi connectivity index (χ3v) is 4.61. The van der Waals surface area contributed by atoms with E-state index < -0.39 is 36.9 Å². The van der Waals surface area contributed by atoms with Crippen LogP contribution in [0.2, 0.25) is 0 Å². The van der Waals surface area contributed by atoms with Crippen LogP contribution in [-0.2, 0) is 14.1 Å². The molecule has 1 aromatic rings. The van der Waals surface area contributed by atoms with E-state index in [0.717, 1.165) is 0 Å². The second-order valence-corrected chi connectivity index (χ2v) is 7.41. The minimum atomic E-state index is -1.51. The number of aliphatic hydroxyl groups excluding tert-OH is 2. The summed E-state index contributed by atoms with van der Waals surface area (Å²) >= 11 is 0. The average Bonchev–Trinajstić information content (AvgIpc) is 2.75. The Morgan fingerprint density at radius 3 is 2.08 bits per heavy atom. The Morgan fingerprint density at radius 1 is 1.20 bits per heavy atom. The lowest BCUT2D eigenvalue weighted by Gasteiger charge is -2.32. The standard InChI is InChI=1S/C16H26BN3O5/c1-10(2)20(13(23)12(22)9-21)14-18-7-11(8-19-14)17-24-15(3,4)16(5,6)25-17/h7-8,10,12,21-22H,9H2,1-6H3. The van der Waals surface area contributed by atoms with Crippen molar-refractivity contribution in [1.82, 2.24) is 9.97 Å². The number of hydrogen-bond acceptors (Lipinski definition) is 7. The van der Waals surface area contributed by atoms with Crippen molar-refractivity contribution in [3.8, 4) is 0 Å². The summed E-state index contributed by atoms with van der Waals surface area (Å²) in [7, 11) is -0.592. The van der Waals surface area contributed by atoms with Gasteiger partial charge in [0.15, 0.2) is 6.10 Å². The van der Waals surface area contributed by atoms with Gasteiger partial charge in [0.2, 0.25) is 5.95 Å². The normalized spacial score (nSPS) is 20.0. The molecule has 1 aliphatic rings. The number of amides is 1. The molecule has 1 saturated heterocycles. The molecule has 0 aromatic carbocycles. The highest BCUT2D eigenvalue weighted by Crippen LogP contribution is 2.36. The van der Waals surface area contributed by atoms with E-state index in [2.05, 4.69) is 9.97 Å². The van der Waals surface area contributed by atoms with Gasteiger partial charge in [-0.15, -0.1) is 0 Å². The van der Waals surface area contributed by atoms with Gasteiger partial charge in [-0.3, -0.25) is 9.69 Å². The van der Waals surface area contributed by atoms with Gasteiger partial charge in [-0.2, -0.15) is 0 Å². The molecule has 9 heteroatoms. The van der Waals surface area contributed by atoms with Crippen molar-refractivity contribution in [2.75, 3.05) is 11.5 Å². The van der Waals surface area contributed by atoms with Gasteiger partial charge in [-0.05, 0) is 41.5 Å². The van der Waals surface area contributed by atoms with Gasteiger partial charge < -0.3 is 19.5 Å². The predicted octanol–water partition coefficient (Wildman–Crippen LogP) is -0.130. The number of aromatic nitrogens is 2. The number of nitrogens with zero attached hydrogens (tertiary/aromatic N) is 3. The van der Waals surface area contributed by atoms with Crippen molar-refractivity contribution in [3.63, 3.8) is 0 Å². The Morgan fingerprint density at radius 2 is 1.68 bits per heavy atom. The second-order valence-electron chi connectivity index (χ2n) is 7.41. The van der Waals surface area contributed by atoms with Crippen LogP contribution in [-0.4, -0.2) is 63.2 Å². The van der Waals surface area contributed by atoms with E-state index in [4.69, 9.17) is 14.4 Å². The van der Waals surface area contributed by atoms with Crippen molar-refractivity contribution in [2.24, 2.45) is 0 Å². The number of rotatable bonds is 5. The van der Waals surface area contributed by atoms with Gasteiger partial charge in [-0.1, -0.05) is 0 Å². The molecule has 2 N–H and O–H groups in total. The lowest BCUT2D eigenvalue weighted by atomic mass is 9.81. The van der Waals surface area contributed by atoms with Crippen LogP contribution in [0.25, 0.3) is 0 Å². The topological polar surface area (TPSA) is 105 Å². The molecule has 2 rings (SSSR count). The summed E-state index contributed by atoms with van der Waals surface area (Å²) in [5.41, 5.74) is -0.301. The summed E-state index contributed by atoms with van der Waals surface area (Å²) in [5.74, 6) is -0.506. The van der Waals surface area contributed by atoms with Crippen LogP contribution < -0.4 is 10.4 Å². The second kappa shape index (κ2) is 6.99. The zero-order valence-corrected chi connectivity index (χ0v) is 15.6. The first-order valence-electron chi connectivity index (χ1n) is 8.29. The van der Waals surface area contributed by atoms with E-state index in [-0.39, 0.29) is 12.0 Å². The van der Waals surface area contributed by atoms with Gasteiger partial charge in [0.05, 0.1) is 17.8 Å². The summed E-state index contributed by atoms with van der Waals surface area (Å²) in [5, 5.41) is 18.6. The number of aliphatic hydroxyl groups is 2. The first-order chi connectivity index (χ1) is 11.5. The molecule has 0 spiro atoms. The number of carbonyl (C=O) groups is 1. The SMILES string of the molecule is CC(C)N(C(=O)C(O)CO)c1ncc(B2OC(C)(C)C(C)(C)O2)cn1. The van der Waals surface area contributed by atoms with Crippen LogP contribution in [0.3, 0.4) is 0 Å². The minimum absolute atomic E-state index is 0.146. The average molecular weight is 351 g/mol. The third-order valence-electron chi connectivity index (χ3n) is 4.61. The fourth-order valence-electron chi connectivity index (χ4n) is 2.38. The number of anilines is 1. The van der Waals surface area contributed by atoms with Gasteiger partial charge in [0.1, 0.15) is 0 Å². The van der Waals surface area contributed by atoms with Gasteiger partial charge >= 0.3 is 7.12 Å². The Bertz CT molecular complexity index is 605. The highest BCUT2D eigenvalue weighted by Gasteiger charge is 2.52. The largest absolute Gasteiger partial charge is 0.498 e. The molecule has 1 fully saturated rings. The number of carbonyl (C=O) groups excluding carboxylic acids is 1. The van der Waals surface area contributed by atoms with Crippen LogP contribution in [0, 0.1) is 0 Å². The van der Waals surface area contributed by atoms with Crippen LogP contribution in [0.1, 0.15) is 41.5 Å². The quantitative estimate of drug-likeness (QED) is 0.712. The Hall–Kier alpha value is -1.55. The Labute approximate surface area is 148 Å². The first kappa shape index (κ1) is 19.8. The van der Waals surface area contributed by atoms with Crippen molar-refractivity contribution in [1.29, 1.82) is 0 Å². The van der Waals surface area contributed by atoms with E-state index in [0.29, 0.717) is 5.46 Å². The van der Waals surface area contributed by atoms with Gasteiger partial charge in [0.25, 0.3) is 5.91 Å². The van der Waals surface area contributed by atoms with E-state index in [1.54, 1.807) is 26.2 Å². The minimum Gasteiger partial charge on any atom is -0.399 e. The Kier molecular flexibility index (Phi) is 5.53. The molecule has 0 bridgehead atoms. The molecule has 1 amide bonds. The lowest BCUT2D eigenvalue weighted by Crippen LogP contribution is -2.46. The summed E-state index contributed by atoms with van der Waals surface area (Å²) in [6.07, 6.45) is 1.57. The van der Waals surface area contributed by atoms with E-state index in [9.17, 15) is 9.90 Å². The third kappa shape index (κ3) is 3.84. The first-order valence-corrected chi connectivity index (χ1v) is 8.29. The molecule has 1 atom stereocenters.